The van der Waals surface area contributed by atoms with E-state index in [1.807, 2.05) is 56.4 Å². The quantitative estimate of drug-likeness (QED) is 0.864. The zero-order valence-corrected chi connectivity index (χ0v) is 14.1. The van der Waals surface area contributed by atoms with E-state index in [2.05, 4.69) is 5.32 Å². The summed E-state index contributed by atoms with van der Waals surface area (Å²) in [6.07, 6.45) is 0. The molecule has 0 aliphatic heterocycles. The molecule has 2 N–H and O–H groups in total. The predicted octanol–water partition coefficient (Wildman–Crippen LogP) is 2.96. The van der Waals surface area contributed by atoms with Crippen LogP contribution >= 0.6 is 23.2 Å². The number of anilines is 1. The lowest BCUT2D eigenvalue weighted by Crippen LogP contribution is -3.08. The minimum absolute atomic E-state index is 0.0646. The Bertz CT molecular complexity index is 673. The van der Waals surface area contributed by atoms with Crippen molar-refractivity contribution in [2.75, 3.05) is 18.9 Å². The molecular formula is C17H19Cl2N2O+. The number of rotatable bonds is 5. The Morgan fingerprint density at radius 3 is 2.64 bits per heavy atom. The third kappa shape index (κ3) is 5.02. The molecule has 0 bridgehead atoms. The third-order valence-corrected chi connectivity index (χ3v) is 3.80. The zero-order valence-electron chi connectivity index (χ0n) is 12.6. The molecule has 0 aliphatic rings. The van der Waals surface area contributed by atoms with Gasteiger partial charge in [0.15, 0.2) is 6.54 Å². The fraction of sp³-hybridized carbons (Fsp3) is 0.235. The molecule has 0 spiro atoms. The molecule has 0 radical (unpaired) electrons. The van der Waals surface area contributed by atoms with Gasteiger partial charge in [0.05, 0.1) is 17.8 Å². The van der Waals surface area contributed by atoms with Crippen molar-refractivity contribution in [3.63, 3.8) is 0 Å². The zero-order chi connectivity index (χ0) is 16.1. The number of quaternary nitrogens is 1. The summed E-state index contributed by atoms with van der Waals surface area (Å²) >= 11 is 12.1. The van der Waals surface area contributed by atoms with Crippen molar-refractivity contribution in [1.29, 1.82) is 0 Å². The van der Waals surface area contributed by atoms with E-state index in [9.17, 15) is 4.79 Å². The van der Waals surface area contributed by atoms with E-state index in [4.69, 9.17) is 23.2 Å². The van der Waals surface area contributed by atoms with Crippen LogP contribution in [0.4, 0.5) is 5.69 Å². The summed E-state index contributed by atoms with van der Waals surface area (Å²) in [6.45, 7) is 3.05. The van der Waals surface area contributed by atoms with Gasteiger partial charge in [-0.15, -0.1) is 0 Å². The van der Waals surface area contributed by atoms with Gasteiger partial charge in [0, 0.05) is 10.6 Å². The molecule has 0 saturated heterocycles. The van der Waals surface area contributed by atoms with Crippen molar-refractivity contribution >= 4 is 34.8 Å². The van der Waals surface area contributed by atoms with E-state index in [1.165, 1.54) is 0 Å². The molecule has 3 nitrogen and oxygen atoms in total. The molecule has 1 unspecified atom stereocenters. The van der Waals surface area contributed by atoms with E-state index >= 15 is 0 Å². The van der Waals surface area contributed by atoms with Gasteiger partial charge in [0.1, 0.15) is 6.54 Å². The average molecular weight is 338 g/mol. The monoisotopic (exact) mass is 337 g/mol. The SMILES string of the molecule is Cc1ccc(NC(=O)C[NH+](C)Cc2cccc(Cl)c2)c(Cl)c1. The molecule has 5 heteroatoms. The minimum atomic E-state index is -0.0646. The number of hydrogen-bond donors (Lipinski definition) is 2. The fourth-order valence-corrected chi connectivity index (χ4v) is 2.74. The first kappa shape index (κ1) is 16.8. The molecule has 0 saturated carbocycles. The first-order valence-corrected chi connectivity index (χ1v) is 7.81. The highest BCUT2D eigenvalue weighted by atomic mass is 35.5. The maximum atomic E-state index is 12.1. The average Bonchev–Trinajstić information content (AvgIpc) is 2.41. The van der Waals surface area contributed by atoms with Crippen molar-refractivity contribution in [1.82, 2.24) is 0 Å². The summed E-state index contributed by atoms with van der Waals surface area (Å²) in [5.41, 5.74) is 2.81. The lowest BCUT2D eigenvalue weighted by atomic mass is 10.2. The van der Waals surface area contributed by atoms with Gasteiger partial charge in [0.2, 0.25) is 0 Å². The van der Waals surface area contributed by atoms with Gasteiger partial charge in [-0.05, 0) is 36.8 Å². The van der Waals surface area contributed by atoms with Crippen molar-refractivity contribution in [3.8, 4) is 0 Å². The van der Waals surface area contributed by atoms with Crippen LogP contribution < -0.4 is 10.2 Å². The second-order valence-corrected chi connectivity index (χ2v) is 6.32. The number of carbonyl (C=O) groups excluding carboxylic acids is 1. The number of likely N-dealkylation sites (N-methyl/N-ethyl adjacent to an activating group) is 1. The number of carbonyl (C=O) groups is 1. The van der Waals surface area contributed by atoms with Gasteiger partial charge in [0.25, 0.3) is 5.91 Å². The Morgan fingerprint density at radius 2 is 1.95 bits per heavy atom. The van der Waals surface area contributed by atoms with Crippen LogP contribution in [-0.4, -0.2) is 19.5 Å². The Hall–Kier alpha value is -1.55. The smallest absolute Gasteiger partial charge is 0.279 e. The summed E-state index contributed by atoms with van der Waals surface area (Å²) in [4.78, 5) is 13.2. The first-order valence-electron chi connectivity index (χ1n) is 7.06. The maximum absolute atomic E-state index is 12.1. The van der Waals surface area contributed by atoms with Crippen LogP contribution in [0.3, 0.4) is 0 Å². The third-order valence-electron chi connectivity index (χ3n) is 3.26. The van der Waals surface area contributed by atoms with Crippen LogP contribution in [0.25, 0.3) is 0 Å². The van der Waals surface area contributed by atoms with E-state index in [-0.39, 0.29) is 5.91 Å². The molecule has 2 aromatic rings. The van der Waals surface area contributed by atoms with Gasteiger partial charge in [-0.25, -0.2) is 0 Å². The highest BCUT2D eigenvalue weighted by molar-refractivity contribution is 6.33. The minimum Gasteiger partial charge on any atom is -0.326 e. The second kappa shape index (κ2) is 7.63. The van der Waals surface area contributed by atoms with Crippen molar-refractivity contribution in [3.05, 3.63) is 63.6 Å². The number of nitrogens with one attached hydrogen (secondary N) is 2. The van der Waals surface area contributed by atoms with Gasteiger partial charge in [-0.1, -0.05) is 41.4 Å². The van der Waals surface area contributed by atoms with Crippen LogP contribution in [-0.2, 0) is 11.3 Å². The standard InChI is InChI=1S/C17H18Cl2N2O/c1-12-6-7-16(15(19)8-12)20-17(22)11-21(2)10-13-4-3-5-14(18)9-13/h3-9H,10-11H2,1-2H3,(H,20,22)/p+1. The van der Waals surface area contributed by atoms with Gasteiger partial charge >= 0.3 is 0 Å². The number of amides is 1. The first-order chi connectivity index (χ1) is 10.4. The van der Waals surface area contributed by atoms with Crippen molar-refractivity contribution in [2.24, 2.45) is 0 Å². The normalized spacial score (nSPS) is 12.0. The summed E-state index contributed by atoms with van der Waals surface area (Å²) in [5, 5.41) is 4.11. The fourth-order valence-electron chi connectivity index (χ4n) is 2.25. The maximum Gasteiger partial charge on any atom is 0.279 e. The molecule has 2 rings (SSSR count). The second-order valence-electron chi connectivity index (χ2n) is 5.47. The Balaban J connectivity index is 1.91. The molecule has 1 amide bonds. The van der Waals surface area contributed by atoms with Crippen LogP contribution in [0, 0.1) is 6.92 Å². The van der Waals surface area contributed by atoms with E-state index in [0.717, 1.165) is 22.6 Å². The molecule has 116 valence electrons. The van der Waals surface area contributed by atoms with E-state index < -0.39 is 0 Å². The molecule has 0 heterocycles. The molecule has 0 fully saturated rings. The van der Waals surface area contributed by atoms with E-state index in [0.29, 0.717) is 22.3 Å². The van der Waals surface area contributed by atoms with Crippen LogP contribution in [0.5, 0.6) is 0 Å². The summed E-state index contributed by atoms with van der Waals surface area (Å²) in [6, 6.07) is 13.2. The Kier molecular flexibility index (Phi) is 5.83. The molecule has 0 aliphatic carbocycles. The van der Waals surface area contributed by atoms with Gasteiger partial charge < -0.3 is 10.2 Å². The lowest BCUT2D eigenvalue weighted by molar-refractivity contribution is -0.885. The molecule has 1 atom stereocenters. The van der Waals surface area contributed by atoms with Crippen LogP contribution in [0.15, 0.2) is 42.5 Å². The Morgan fingerprint density at radius 1 is 1.18 bits per heavy atom. The summed E-state index contributed by atoms with van der Waals surface area (Å²) in [7, 11) is 1.97. The van der Waals surface area contributed by atoms with Crippen LogP contribution in [0.1, 0.15) is 11.1 Å². The molecule has 2 aromatic carbocycles. The molecule has 0 aromatic heterocycles. The van der Waals surface area contributed by atoms with Crippen LogP contribution in [0.2, 0.25) is 10.0 Å². The summed E-state index contributed by atoms with van der Waals surface area (Å²) in [5.74, 6) is -0.0646. The predicted molar refractivity (Wildman–Crippen MR) is 91.7 cm³/mol. The highest BCUT2D eigenvalue weighted by Gasteiger charge is 2.12. The molecular weight excluding hydrogens is 319 g/mol. The molecule has 22 heavy (non-hydrogen) atoms. The topological polar surface area (TPSA) is 33.5 Å². The summed E-state index contributed by atoms with van der Waals surface area (Å²) < 4.78 is 0. The Labute approximate surface area is 140 Å². The highest BCUT2D eigenvalue weighted by Crippen LogP contribution is 2.22. The van der Waals surface area contributed by atoms with Gasteiger partial charge in [-0.2, -0.15) is 0 Å². The lowest BCUT2D eigenvalue weighted by Gasteiger charge is -2.14. The number of benzene rings is 2. The van der Waals surface area contributed by atoms with E-state index in [1.54, 1.807) is 0 Å². The number of hydrogen-bond acceptors (Lipinski definition) is 1. The van der Waals surface area contributed by atoms with Gasteiger partial charge in [-0.3, -0.25) is 4.79 Å². The van der Waals surface area contributed by atoms with Crippen molar-refractivity contribution < 1.29 is 9.69 Å². The number of aryl methyl sites for hydroxylation is 1. The largest absolute Gasteiger partial charge is 0.326 e. The number of halogens is 2. The van der Waals surface area contributed by atoms with Crippen molar-refractivity contribution in [2.45, 2.75) is 13.5 Å².